The molecule has 0 unspecified atom stereocenters. The van der Waals surface area contributed by atoms with E-state index < -0.39 is 15.9 Å². The average molecular weight is 454 g/mol. The minimum absolute atomic E-state index is 0.0816. The van der Waals surface area contributed by atoms with Crippen LogP contribution in [0.1, 0.15) is 10.4 Å². The number of hydrogen-bond acceptors (Lipinski definition) is 6. The number of sulfonamides is 1. The molecule has 0 bridgehead atoms. The van der Waals surface area contributed by atoms with Gasteiger partial charge < -0.3 is 19.7 Å². The number of rotatable bonds is 6. The van der Waals surface area contributed by atoms with Crippen molar-refractivity contribution in [1.29, 1.82) is 0 Å². The van der Waals surface area contributed by atoms with Gasteiger partial charge in [0.15, 0.2) is 11.5 Å². The number of nitrogens with one attached hydrogen (secondary N) is 1. The molecule has 1 heterocycles. The predicted molar refractivity (Wildman–Crippen MR) is 115 cm³/mol. The first-order chi connectivity index (χ1) is 14.3. The first kappa shape index (κ1) is 22.4. The second kappa shape index (κ2) is 9.22. The van der Waals surface area contributed by atoms with Gasteiger partial charge in [-0.25, -0.2) is 8.42 Å². The van der Waals surface area contributed by atoms with E-state index in [1.54, 1.807) is 18.2 Å². The zero-order chi connectivity index (χ0) is 21.9. The summed E-state index contributed by atoms with van der Waals surface area (Å²) in [6.45, 7) is 2.15. The van der Waals surface area contributed by atoms with E-state index in [2.05, 4.69) is 10.2 Å². The molecule has 1 aliphatic rings. The normalized spacial score (nSPS) is 15.6. The van der Waals surface area contributed by atoms with Crippen LogP contribution >= 0.6 is 11.6 Å². The van der Waals surface area contributed by atoms with Gasteiger partial charge in [-0.2, -0.15) is 4.31 Å². The summed E-state index contributed by atoms with van der Waals surface area (Å²) in [6.07, 6.45) is 0. The molecule has 10 heteroatoms. The molecule has 0 atom stereocenters. The summed E-state index contributed by atoms with van der Waals surface area (Å²) < 4.78 is 37.8. The molecule has 2 aromatic rings. The number of ether oxygens (including phenoxy) is 2. The third kappa shape index (κ3) is 4.70. The molecule has 162 valence electrons. The molecular weight excluding hydrogens is 430 g/mol. The van der Waals surface area contributed by atoms with Gasteiger partial charge in [0.2, 0.25) is 10.0 Å². The van der Waals surface area contributed by atoms with Crippen molar-refractivity contribution in [2.24, 2.45) is 0 Å². The average Bonchev–Trinajstić information content (AvgIpc) is 2.75. The minimum Gasteiger partial charge on any atom is -0.493 e. The molecule has 0 saturated carbocycles. The summed E-state index contributed by atoms with van der Waals surface area (Å²) >= 11 is 6.23. The monoisotopic (exact) mass is 453 g/mol. The number of carbonyl (C=O) groups is 1. The molecule has 0 radical (unpaired) electrons. The molecule has 0 aromatic heterocycles. The maximum absolute atomic E-state index is 13.0. The third-order valence-electron chi connectivity index (χ3n) is 4.92. The van der Waals surface area contributed by atoms with Crippen LogP contribution in [0.2, 0.25) is 5.02 Å². The lowest BCUT2D eigenvalue weighted by atomic mass is 10.2. The van der Waals surface area contributed by atoms with Gasteiger partial charge in [-0.15, -0.1) is 0 Å². The summed E-state index contributed by atoms with van der Waals surface area (Å²) in [5, 5.41) is 2.96. The Morgan fingerprint density at radius 1 is 1.03 bits per heavy atom. The van der Waals surface area contributed by atoms with Crippen molar-refractivity contribution in [2.45, 2.75) is 4.90 Å². The Bertz CT molecular complexity index is 1040. The van der Waals surface area contributed by atoms with Gasteiger partial charge in [-0.05, 0) is 25.2 Å². The van der Waals surface area contributed by atoms with Gasteiger partial charge in [0.05, 0.1) is 29.8 Å². The Morgan fingerprint density at radius 3 is 2.30 bits per heavy atom. The Labute approximate surface area is 181 Å². The van der Waals surface area contributed by atoms with Crippen molar-refractivity contribution in [2.75, 3.05) is 52.8 Å². The van der Waals surface area contributed by atoms with Gasteiger partial charge >= 0.3 is 0 Å². The SMILES string of the molecule is COc1cc(Cl)c(NC(=O)c2cccc(S(=O)(=O)N3CCN(C)CC3)c2)cc1OC. The van der Waals surface area contributed by atoms with Crippen LogP contribution in [0, 0.1) is 0 Å². The van der Waals surface area contributed by atoms with Crippen LogP contribution in [0.15, 0.2) is 41.3 Å². The molecule has 1 fully saturated rings. The maximum Gasteiger partial charge on any atom is 0.255 e. The van der Waals surface area contributed by atoms with Crippen LogP contribution in [0.4, 0.5) is 5.69 Å². The van der Waals surface area contributed by atoms with E-state index in [0.29, 0.717) is 43.4 Å². The third-order valence-corrected chi connectivity index (χ3v) is 7.13. The Balaban J connectivity index is 1.83. The lowest BCUT2D eigenvalue weighted by Crippen LogP contribution is -2.47. The first-order valence-electron chi connectivity index (χ1n) is 9.28. The highest BCUT2D eigenvalue weighted by Crippen LogP contribution is 2.36. The van der Waals surface area contributed by atoms with Crippen molar-refractivity contribution < 1.29 is 22.7 Å². The van der Waals surface area contributed by atoms with Crippen LogP contribution in [-0.2, 0) is 10.0 Å². The van der Waals surface area contributed by atoms with Crippen LogP contribution < -0.4 is 14.8 Å². The number of piperazine rings is 1. The zero-order valence-corrected chi connectivity index (χ0v) is 18.6. The van der Waals surface area contributed by atoms with Crippen LogP contribution in [0.25, 0.3) is 0 Å². The summed E-state index contributed by atoms with van der Waals surface area (Å²) in [4.78, 5) is 14.9. The van der Waals surface area contributed by atoms with Gasteiger partial charge in [-0.3, -0.25) is 4.79 Å². The van der Waals surface area contributed by atoms with Gasteiger partial charge in [0.1, 0.15) is 0 Å². The van der Waals surface area contributed by atoms with Crippen molar-refractivity contribution in [3.63, 3.8) is 0 Å². The largest absolute Gasteiger partial charge is 0.493 e. The van der Waals surface area contributed by atoms with Crippen molar-refractivity contribution in [3.05, 3.63) is 47.0 Å². The van der Waals surface area contributed by atoms with E-state index in [0.717, 1.165) is 0 Å². The van der Waals surface area contributed by atoms with E-state index in [4.69, 9.17) is 21.1 Å². The number of anilines is 1. The molecular formula is C20H24ClN3O5S. The second-order valence-corrected chi connectivity index (χ2v) is 9.22. The molecule has 1 amide bonds. The van der Waals surface area contributed by atoms with Gasteiger partial charge in [0.25, 0.3) is 5.91 Å². The summed E-state index contributed by atoms with van der Waals surface area (Å²) in [6, 6.07) is 9.04. The number of hydrogen-bond donors (Lipinski definition) is 1. The van der Waals surface area contributed by atoms with Crippen molar-refractivity contribution >= 4 is 33.2 Å². The van der Waals surface area contributed by atoms with Gasteiger partial charge in [0, 0.05) is 43.9 Å². The lowest BCUT2D eigenvalue weighted by molar-refractivity contribution is 0.102. The van der Waals surface area contributed by atoms with E-state index in [1.807, 2.05) is 7.05 Å². The quantitative estimate of drug-likeness (QED) is 0.723. The number of benzene rings is 2. The lowest BCUT2D eigenvalue weighted by Gasteiger charge is -2.31. The first-order valence-corrected chi connectivity index (χ1v) is 11.1. The number of likely N-dealkylation sites (N-methyl/N-ethyl adjacent to an activating group) is 1. The minimum atomic E-state index is -3.68. The number of amides is 1. The molecule has 0 aliphatic carbocycles. The summed E-state index contributed by atoms with van der Waals surface area (Å²) in [5.41, 5.74) is 0.530. The smallest absolute Gasteiger partial charge is 0.255 e. The highest BCUT2D eigenvalue weighted by atomic mass is 35.5. The van der Waals surface area contributed by atoms with Crippen LogP contribution in [-0.4, -0.2) is 71.0 Å². The highest BCUT2D eigenvalue weighted by molar-refractivity contribution is 7.89. The van der Waals surface area contributed by atoms with Crippen LogP contribution in [0.5, 0.6) is 11.5 Å². The Hall–Kier alpha value is -2.33. The molecule has 1 saturated heterocycles. The molecule has 0 spiro atoms. The van der Waals surface area contributed by atoms with E-state index in [-0.39, 0.29) is 15.5 Å². The van der Waals surface area contributed by atoms with Crippen LogP contribution in [0.3, 0.4) is 0 Å². The number of carbonyl (C=O) groups excluding carboxylic acids is 1. The topological polar surface area (TPSA) is 88.2 Å². The molecule has 1 N–H and O–H groups in total. The predicted octanol–water partition coefficient (Wildman–Crippen LogP) is 2.55. The summed E-state index contributed by atoms with van der Waals surface area (Å²) in [5.74, 6) is 0.351. The second-order valence-electron chi connectivity index (χ2n) is 6.88. The Kier molecular flexibility index (Phi) is 6.87. The molecule has 8 nitrogen and oxygen atoms in total. The molecule has 2 aromatic carbocycles. The van der Waals surface area contributed by atoms with Crippen molar-refractivity contribution in [3.8, 4) is 11.5 Å². The summed E-state index contributed by atoms with van der Waals surface area (Å²) in [7, 11) is 1.24. The van der Waals surface area contributed by atoms with Crippen molar-refractivity contribution in [1.82, 2.24) is 9.21 Å². The highest BCUT2D eigenvalue weighted by Gasteiger charge is 2.28. The molecule has 30 heavy (non-hydrogen) atoms. The number of nitrogens with zero attached hydrogens (tertiary/aromatic N) is 2. The van der Waals surface area contributed by atoms with Gasteiger partial charge in [-0.1, -0.05) is 17.7 Å². The fraction of sp³-hybridized carbons (Fsp3) is 0.350. The van der Waals surface area contributed by atoms with E-state index in [9.17, 15) is 13.2 Å². The van der Waals surface area contributed by atoms with E-state index >= 15 is 0 Å². The zero-order valence-electron chi connectivity index (χ0n) is 17.0. The fourth-order valence-corrected chi connectivity index (χ4v) is 4.79. The molecule has 1 aliphatic heterocycles. The standard InChI is InChI=1S/C20H24ClN3O5S/c1-23-7-9-24(10-8-23)30(26,27)15-6-4-5-14(11-15)20(25)22-17-13-19(29-3)18(28-2)12-16(17)21/h4-6,11-13H,7-10H2,1-3H3,(H,22,25). The van der Waals surface area contributed by atoms with E-state index in [1.165, 1.54) is 36.7 Å². The molecule has 3 rings (SSSR count). The maximum atomic E-state index is 13.0. The number of halogens is 1. The Morgan fingerprint density at radius 2 is 1.67 bits per heavy atom. The number of methoxy groups -OCH3 is 2. The fourth-order valence-electron chi connectivity index (χ4n) is 3.12.